The van der Waals surface area contributed by atoms with Gasteiger partial charge in [0.15, 0.2) is 0 Å². The van der Waals surface area contributed by atoms with E-state index in [0.717, 1.165) is 44.2 Å². The standard InChI is InChI=1S/C18H29N3O2/c1-14-16(12-20-21(14)15-8-4-5-9-15)17(22)19-13-18(23)10-6-2-3-7-11-18/h12,15,23H,2-11,13H2,1H3,(H,19,22). The molecule has 1 aromatic rings. The van der Waals surface area contributed by atoms with Gasteiger partial charge in [0.1, 0.15) is 0 Å². The van der Waals surface area contributed by atoms with Crippen molar-refractivity contribution in [3.05, 3.63) is 17.5 Å². The number of aromatic nitrogens is 2. The first-order valence-corrected chi connectivity index (χ1v) is 9.14. The summed E-state index contributed by atoms with van der Waals surface area (Å²) in [6.45, 7) is 2.32. The van der Waals surface area contributed by atoms with Crippen LogP contribution in [0, 0.1) is 6.92 Å². The largest absolute Gasteiger partial charge is 0.388 e. The van der Waals surface area contributed by atoms with Gasteiger partial charge in [0.25, 0.3) is 5.91 Å². The second-order valence-electron chi connectivity index (χ2n) is 7.35. The van der Waals surface area contributed by atoms with Gasteiger partial charge in [0.05, 0.1) is 23.4 Å². The van der Waals surface area contributed by atoms with E-state index in [4.69, 9.17) is 0 Å². The molecule has 0 saturated heterocycles. The zero-order valence-corrected chi connectivity index (χ0v) is 14.2. The molecule has 128 valence electrons. The van der Waals surface area contributed by atoms with E-state index in [1.807, 2.05) is 11.6 Å². The highest BCUT2D eigenvalue weighted by Gasteiger charge is 2.29. The summed E-state index contributed by atoms with van der Waals surface area (Å²) in [4.78, 5) is 12.5. The summed E-state index contributed by atoms with van der Waals surface area (Å²) in [7, 11) is 0. The van der Waals surface area contributed by atoms with Crippen molar-refractivity contribution in [2.75, 3.05) is 6.54 Å². The van der Waals surface area contributed by atoms with Crippen molar-refractivity contribution in [1.82, 2.24) is 15.1 Å². The van der Waals surface area contributed by atoms with Gasteiger partial charge in [-0.05, 0) is 32.6 Å². The fourth-order valence-corrected chi connectivity index (χ4v) is 4.07. The van der Waals surface area contributed by atoms with Crippen molar-refractivity contribution in [3.63, 3.8) is 0 Å². The molecule has 1 heterocycles. The van der Waals surface area contributed by atoms with Gasteiger partial charge in [-0.1, -0.05) is 38.5 Å². The summed E-state index contributed by atoms with van der Waals surface area (Å²) in [5.41, 5.74) is 0.859. The van der Waals surface area contributed by atoms with Gasteiger partial charge >= 0.3 is 0 Å². The van der Waals surface area contributed by atoms with Crippen LogP contribution in [-0.4, -0.2) is 32.9 Å². The molecular formula is C18H29N3O2. The number of nitrogens with zero attached hydrogens (tertiary/aromatic N) is 2. The Kier molecular flexibility index (Phi) is 5.05. The molecule has 2 N–H and O–H groups in total. The van der Waals surface area contributed by atoms with E-state index in [1.165, 1.54) is 25.7 Å². The number of hydrogen-bond donors (Lipinski definition) is 2. The monoisotopic (exact) mass is 319 g/mol. The van der Waals surface area contributed by atoms with E-state index in [9.17, 15) is 9.90 Å². The molecule has 0 unspecified atom stereocenters. The van der Waals surface area contributed by atoms with E-state index >= 15 is 0 Å². The summed E-state index contributed by atoms with van der Waals surface area (Å²) >= 11 is 0. The van der Waals surface area contributed by atoms with Gasteiger partial charge in [0, 0.05) is 12.2 Å². The SMILES string of the molecule is Cc1c(C(=O)NCC2(O)CCCCCC2)cnn1C1CCCC1. The molecule has 23 heavy (non-hydrogen) atoms. The highest BCUT2D eigenvalue weighted by molar-refractivity contribution is 5.95. The molecule has 2 fully saturated rings. The molecule has 0 radical (unpaired) electrons. The molecular weight excluding hydrogens is 290 g/mol. The average molecular weight is 319 g/mol. The fourth-order valence-electron chi connectivity index (χ4n) is 4.07. The first-order valence-electron chi connectivity index (χ1n) is 9.14. The normalized spacial score (nSPS) is 22.0. The topological polar surface area (TPSA) is 67.2 Å². The summed E-state index contributed by atoms with van der Waals surface area (Å²) in [6, 6.07) is 0.447. The molecule has 0 bridgehead atoms. The lowest BCUT2D eigenvalue weighted by atomic mass is 9.94. The summed E-state index contributed by atoms with van der Waals surface area (Å²) in [6.07, 6.45) is 12.5. The lowest BCUT2D eigenvalue weighted by molar-refractivity contribution is 0.0246. The Hall–Kier alpha value is -1.36. The third-order valence-corrected chi connectivity index (χ3v) is 5.57. The van der Waals surface area contributed by atoms with E-state index < -0.39 is 5.60 Å². The van der Waals surface area contributed by atoms with Crippen LogP contribution < -0.4 is 5.32 Å². The molecule has 5 heteroatoms. The maximum atomic E-state index is 12.5. The Bertz CT molecular complexity index is 538. The second-order valence-corrected chi connectivity index (χ2v) is 7.35. The van der Waals surface area contributed by atoms with Crippen LogP contribution in [0.4, 0.5) is 0 Å². The van der Waals surface area contributed by atoms with Crippen LogP contribution in [-0.2, 0) is 0 Å². The minimum Gasteiger partial charge on any atom is -0.388 e. The van der Waals surface area contributed by atoms with Gasteiger partial charge in [-0.15, -0.1) is 0 Å². The Labute approximate surface area is 138 Å². The summed E-state index contributed by atoms with van der Waals surface area (Å²) in [5, 5.41) is 18.0. The number of carbonyl (C=O) groups excluding carboxylic acids is 1. The first-order chi connectivity index (χ1) is 11.1. The van der Waals surface area contributed by atoms with Crippen molar-refractivity contribution in [2.45, 2.75) is 82.8 Å². The lowest BCUT2D eigenvalue weighted by Crippen LogP contribution is -2.42. The molecule has 0 aromatic carbocycles. The highest BCUT2D eigenvalue weighted by atomic mass is 16.3. The zero-order chi connectivity index (χ0) is 16.3. The number of nitrogens with one attached hydrogen (secondary N) is 1. The maximum absolute atomic E-state index is 12.5. The molecule has 5 nitrogen and oxygen atoms in total. The highest BCUT2D eigenvalue weighted by Crippen LogP contribution is 2.30. The van der Waals surface area contributed by atoms with Gasteiger partial charge in [0.2, 0.25) is 0 Å². The zero-order valence-electron chi connectivity index (χ0n) is 14.2. The van der Waals surface area contributed by atoms with Crippen LogP contribution >= 0.6 is 0 Å². The maximum Gasteiger partial charge on any atom is 0.254 e. The van der Waals surface area contributed by atoms with Crippen LogP contribution in [0.5, 0.6) is 0 Å². The molecule has 1 aromatic heterocycles. The molecule has 1 amide bonds. The van der Waals surface area contributed by atoms with Crippen molar-refractivity contribution in [1.29, 1.82) is 0 Å². The Morgan fingerprint density at radius 2 is 1.91 bits per heavy atom. The number of aliphatic hydroxyl groups is 1. The van der Waals surface area contributed by atoms with Gasteiger partial charge < -0.3 is 10.4 Å². The van der Waals surface area contributed by atoms with E-state index in [-0.39, 0.29) is 5.91 Å². The number of amides is 1. The van der Waals surface area contributed by atoms with E-state index in [0.29, 0.717) is 18.2 Å². The molecule has 2 aliphatic rings. The Balaban J connectivity index is 1.62. The van der Waals surface area contributed by atoms with Gasteiger partial charge in [-0.3, -0.25) is 9.48 Å². The molecule has 0 spiro atoms. The molecule has 2 saturated carbocycles. The van der Waals surface area contributed by atoms with Crippen LogP contribution in [0.25, 0.3) is 0 Å². The Morgan fingerprint density at radius 3 is 2.57 bits per heavy atom. The lowest BCUT2D eigenvalue weighted by Gasteiger charge is -2.26. The second kappa shape index (κ2) is 7.04. The first kappa shape index (κ1) is 16.5. The number of hydrogen-bond acceptors (Lipinski definition) is 3. The van der Waals surface area contributed by atoms with Crippen molar-refractivity contribution < 1.29 is 9.90 Å². The summed E-state index contributed by atoms with van der Waals surface area (Å²) < 4.78 is 2.02. The third-order valence-electron chi connectivity index (χ3n) is 5.57. The van der Waals surface area contributed by atoms with E-state index in [1.54, 1.807) is 6.20 Å². The van der Waals surface area contributed by atoms with E-state index in [2.05, 4.69) is 10.4 Å². The van der Waals surface area contributed by atoms with Gasteiger partial charge in [-0.2, -0.15) is 5.10 Å². The number of rotatable bonds is 4. The minimum absolute atomic E-state index is 0.107. The summed E-state index contributed by atoms with van der Waals surface area (Å²) in [5.74, 6) is -0.107. The minimum atomic E-state index is -0.735. The van der Waals surface area contributed by atoms with Crippen molar-refractivity contribution >= 4 is 5.91 Å². The van der Waals surface area contributed by atoms with Crippen LogP contribution in [0.3, 0.4) is 0 Å². The predicted molar refractivity (Wildman–Crippen MR) is 89.5 cm³/mol. The van der Waals surface area contributed by atoms with Crippen molar-refractivity contribution in [2.24, 2.45) is 0 Å². The fraction of sp³-hybridized carbons (Fsp3) is 0.778. The molecule has 2 aliphatic carbocycles. The van der Waals surface area contributed by atoms with Gasteiger partial charge in [-0.25, -0.2) is 0 Å². The Morgan fingerprint density at radius 1 is 1.26 bits per heavy atom. The number of carbonyl (C=O) groups is 1. The molecule has 0 atom stereocenters. The van der Waals surface area contributed by atoms with Crippen LogP contribution in [0.2, 0.25) is 0 Å². The predicted octanol–water partition coefficient (Wildman–Crippen LogP) is 3.12. The smallest absolute Gasteiger partial charge is 0.254 e. The van der Waals surface area contributed by atoms with Crippen molar-refractivity contribution in [3.8, 4) is 0 Å². The van der Waals surface area contributed by atoms with Crippen LogP contribution in [0.15, 0.2) is 6.20 Å². The quantitative estimate of drug-likeness (QED) is 0.838. The average Bonchev–Trinajstić information content (AvgIpc) is 3.13. The molecule has 3 rings (SSSR count). The third kappa shape index (κ3) is 3.77. The van der Waals surface area contributed by atoms with Crippen LogP contribution in [0.1, 0.15) is 86.3 Å². The molecule has 0 aliphatic heterocycles.